The van der Waals surface area contributed by atoms with Crippen molar-refractivity contribution in [3.8, 4) is 11.5 Å². The Labute approximate surface area is 95.5 Å². The monoisotopic (exact) mass is 219 g/mol. The van der Waals surface area contributed by atoms with Gasteiger partial charge in [-0.3, -0.25) is 0 Å². The third-order valence-corrected chi connectivity index (χ3v) is 3.59. The molecule has 1 heterocycles. The lowest BCUT2D eigenvalue weighted by atomic mass is 9.81. The predicted octanol–water partition coefficient (Wildman–Crippen LogP) is 2.35. The number of rotatable bonds is 0. The van der Waals surface area contributed by atoms with Gasteiger partial charge in [0.05, 0.1) is 0 Å². The van der Waals surface area contributed by atoms with Crippen LogP contribution in [0, 0.1) is 0 Å². The third kappa shape index (κ3) is 1.47. The van der Waals surface area contributed by atoms with Gasteiger partial charge in [-0.05, 0) is 42.0 Å². The molecule has 86 valence electrons. The maximum absolute atomic E-state index is 6.15. The molecule has 0 aromatic heterocycles. The summed E-state index contributed by atoms with van der Waals surface area (Å²) >= 11 is 0. The van der Waals surface area contributed by atoms with Gasteiger partial charge >= 0.3 is 0 Å². The molecule has 0 amide bonds. The van der Waals surface area contributed by atoms with E-state index in [0.717, 1.165) is 24.3 Å². The highest BCUT2D eigenvalue weighted by Gasteiger charge is 2.25. The zero-order chi connectivity index (χ0) is 11.1. The summed E-state index contributed by atoms with van der Waals surface area (Å²) in [7, 11) is 0. The zero-order valence-electron chi connectivity index (χ0n) is 9.53. The van der Waals surface area contributed by atoms with Crippen LogP contribution in [0.5, 0.6) is 11.5 Å². The Morgan fingerprint density at radius 1 is 1.06 bits per heavy atom. The molecule has 2 N–H and O–H groups in total. The summed E-state index contributed by atoms with van der Waals surface area (Å²) in [5, 5.41) is 0. The molecule has 3 nitrogen and oxygen atoms in total. The number of hydrogen-bond donors (Lipinski definition) is 1. The summed E-state index contributed by atoms with van der Waals surface area (Å²) in [6.07, 6.45) is 2.22. The highest BCUT2D eigenvalue weighted by Crippen LogP contribution is 2.42. The summed E-state index contributed by atoms with van der Waals surface area (Å²) in [4.78, 5) is 0. The van der Waals surface area contributed by atoms with Crippen LogP contribution in [-0.4, -0.2) is 13.2 Å². The first kappa shape index (κ1) is 9.97. The molecule has 16 heavy (non-hydrogen) atoms. The van der Waals surface area contributed by atoms with Crippen molar-refractivity contribution >= 4 is 0 Å². The average molecular weight is 219 g/mol. The van der Waals surface area contributed by atoms with E-state index in [1.807, 2.05) is 0 Å². The van der Waals surface area contributed by atoms with Crippen LogP contribution in [0.1, 0.15) is 42.9 Å². The second-order valence-electron chi connectivity index (χ2n) is 4.71. The van der Waals surface area contributed by atoms with Crippen molar-refractivity contribution in [3.05, 3.63) is 23.3 Å². The topological polar surface area (TPSA) is 44.5 Å². The Bertz CT molecular complexity index is 378. The molecule has 3 rings (SSSR count). The number of fused-ring (bicyclic) bond motifs is 2. The van der Waals surface area contributed by atoms with E-state index in [4.69, 9.17) is 15.2 Å². The summed E-state index contributed by atoms with van der Waals surface area (Å²) in [5.41, 5.74) is 8.72. The lowest BCUT2D eigenvalue weighted by Crippen LogP contribution is -2.22. The van der Waals surface area contributed by atoms with E-state index in [9.17, 15) is 0 Å². The second kappa shape index (κ2) is 3.67. The lowest BCUT2D eigenvalue weighted by Gasteiger charge is -2.30. The van der Waals surface area contributed by atoms with E-state index in [-0.39, 0.29) is 6.04 Å². The Kier molecular flexibility index (Phi) is 2.28. The Morgan fingerprint density at radius 3 is 2.38 bits per heavy atom. The fourth-order valence-corrected chi connectivity index (χ4v) is 2.61. The van der Waals surface area contributed by atoms with E-state index >= 15 is 0 Å². The Hall–Kier alpha value is -1.22. The molecular weight excluding hydrogens is 202 g/mol. The molecule has 0 saturated heterocycles. The van der Waals surface area contributed by atoms with Crippen LogP contribution in [0.15, 0.2) is 12.1 Å². The Balaban J connectivity index is 2.11. The minimum absolute atomic E-state index is 0.155. The first-order chi connectivity index (χ1) is 7.75. The fourth-order valence-electron chi connectivity index (χ4n) is 2.61. The molecule has 0 radical (unpaired) electrons. The molecule has 0 saturated carbocycles. The van der Waals surface area contributed by atoms with Gasteiger partial charge in [-0.1, -0.05) is 6.92 Å². The molecule has 0 spiro atoms. The lowest BCUT2D eigenvalue weighted by molar-refractivity contribution is 0.170. The van der Waals surface area contributed by atoms with Crippen LogP contribution in [0.2, 0.25) is 0 Å². The molecule has 1 aliphatic heterocycles. The van der Waals surface area contributed by atoms with Gasteiger partial charge in [0.25, 0.3) is 0 Å². The smallest absolute Gasteiger partial charge is 0.161 e. The minimum atomic E-state index is 0.155. The molecule has 1 aromatic carbocycles. The quantitative estimate of drug-likeness (QED) is 0.728. The van der Waals surface area contributed by atoms with E-state index in [0.29, 0.717) is 19.1 Å². The number of benzene rings is 1. The molecule has 0 fully saturated rings. The van der Waals surface area contributed by atoms with Crippen LogP contribution in [-0.2, 0) is 0 Å². The molecule has 1 aliphatic carbocycles. The third-order valence-electron chi connectivity index (χ3n) is 3.59. The van der Waals surface area contributed by atoms with Crippen LogP contribution in [0.4, 0.5) is 0 Å². The normalized spacial score (nSPS) is 27.4. The van der Waals surface area contributed by atoms with Crippen molar-refractivity contribution in [2.24, 2.45) is 5.73 Å². The Morgan fingerprint density at radius 2 is 1.69 bits per heavy atom. The van der Waals surface area contributed by atoms with Gasteiger partial charge in [-0.2, -0.15) is 0 Å². The predicted molar refractivity (Wildman–Crippen MR) is 62.0 cm³/mol. The number of ether oxygens (including phenoxy) is 2. The summed E-state index contributed by atoms with van der Waals surface area (Å²) < 4.78 is 11.2. The van der Waals surface area contributed by atoms with E-state index in [2.05, 4.69) is 19.1 Å². The SMILES string of the molecule is CC1CC[C@@H](N)c2cc3c(cc21)OCCO3. The summed E-state index contributed by atoms with van der Waals surface area (Å²) in [6.45, 7) is 3.53. The molecule has 2 atom stereocenters. The van der Waals surface area contributed by atoms with Crippen LogP contribution < -0.4 is 15.2 Å². The zero-order valence-corrected chi connectivity index (χ0v) is 9.53. The number of hydrogen-bond acceptors (Lipinski definition) is 3. The maximum Gasteiger partial charge on any atom is 0.161 e. The average Bonchev–Trinajstić information content (AvgIpc) is 2.32. The van der Waals surface area contributed by atoms with Gasteiger partial charge in [-0.25, -0.2) is 0 Å². The first-order valence-corrected chi connectivity index (χ1v) is 5.94. The molecule has 0 bridgehead atoms. The second-order valence-corrected chi connectivity index (χ2v) is 4.71. The molecule has 3 heteroatoms. The van der Waals surface area contributed by atoms with Crippen molar-refractivity contribution in [1.29, 1.82) is 0 Å². The van der Waals surface area contributed by atoms with Crippen molar-refractivity contribution in [3.63, 3.8) is 0 Å². The van der Waals surface area contributed by atoms with Gasteiger partial charge in [0.1, 0.15) is 13.2 Å². The molecule has 1 unspecified atom stereocenters. The summed E-state index contributed by atoms with van der Waals surface area (Å²) in [6, 6.07) is 4.35. The minimum Gasteiger partial charge on any atom is -0.486 e. The molecule has 2 aliphatic rings. The highest BCUT2D eigenvalue weighted by molar-refractivity contribution is 5.51. The van der Waals surface area contributed by atoms with E-state index < -0.39 is 0 Å². The number of nitrogens with two attached hydrogens (primary N) is 1. The largest absolute Gasteiger partial charge is 0.486 e. The van der Waals surface area contributed by atoms with E-state index in [1.165, 1.54) is 11.1 Å². The highest BCUT2D eigenvalue weighted by atomic mass is 16.6. The van der Waals surface area contributed by atoms with Crippen molar-refractivity contribution in [1.82, 2.24) is 0 Å². The van der Waals surface area contributed by atoms with Crippen molar-refractivity contribution in [2.45, 2.75) is 31.7 Å². The van der Waals surface area contributed by atoms with Crippen LogP contribution >= 0.6 is 0 Å². The van der Waals surface area contributed by atoms with Gasteiger partial charge in [0, 0.05) is 6.04 Å². The van der Waals surface area contributed by atoms with Crippen molar-refractivity contribution in [2.75, 3.05) is 13.2 Å². The van der Waals surface area contributed by atoms with Crippen LogP contribution in [0.25, 0.3) is 0 Å². The van der Waals surface area contributed by atoms with Gasteiger partial charge < -0.3 is 15.2 Å². The maximum atomic E-state index is 6.15. The first-order valence-electron chi connectivity index (χ1n) is 5.94. The fraction of sp³-hybridized carbons (Fsp3) is 0.538. The van der Waals surface area contributed by atoms with E-state index in [1.54, 1.807) is 0 Å². The van der Waals surface area contributed by atoms with Gasteiger partial charge in [-0.15, -0.1) is 0 Å². The van der Waals surface area contributed by atoms with Crippen LogP contribution in [0.3, 0.4) is 0 Å². The van der Waals surface area contributed by atoms with Gasteiger partial charge in [0.2, 0.25) is 0 Å². The molecular formula is C13H17NO2. The van der Waals surface area contributed by atoms with Gasteiger partial charge in [0.15, 0.2) is 11.5 Å². The van der Waals surface area contributed by atoms with Crippen molar-refractivity contribution < 1.29 is 9.47 Å². The molecule has 1 aromatic rings. The summed E-state index contributed by atoms with van der Waals surface area (Å²) in [5.74, 6) is 2.31. The standard InChI is InChI=1S/C13H17NO2/c1-8-2-3-11(14)10-7-13-12(6-9(8)10)15-4-5-16-13/h6-8,11H,2-5,14H2,1H3/t8?,11-/m1/s1.